The van der Waals surface area contributed by atoms with E-state index in [0.29, 0.717) is 13.2 Å². The molecule has 1 aromatic heterocycles. The number of nitrogens with one attached hydrogen (secondary N) is 2. The fraction of sp³-hybridized carbons (Fsp3) is 0.267. The smallest absolute Gasteiger partial charge is 0.252 e. The maximum Gasteiger partial charge on any atom is 0.252 e. The molecule has 0 saturated heterocycles. The monoisotopic (exact) mass is 258 g/mol. The molecule has 0 bridgehead atoms. The number of rotatable bonds is 5. The van der Waals surface area contributed by atoms with Crippen LogP contribution in [0.15, 0.2) is 41.2 Å². The van der Waals surface area contributed by atoms with Crippen molar-refractivity contribution in [2.24, 2.45) is 0 Å². The van der Waals surface area contributed by atoms with E-state index in [9.17, 15) is 4.79 Å². The average Bonchev–Trinajstić information content (AvgIpc) is 2.42. The molecule has 0 spiro atoms. The summed E-state index contributed by atoms with van der Waals surface area (Å²) in [6.45, 7) is 3.09. The highest BCUT2D eigenvalue weighted by Crippen LogP contribution is 2.27. The highest BCUT2D eigenvalue weighted by atomic mass is 16.5. The molecule has 19 heavy (non-hydrogen) atoms. The lowest BCUT2D eigenvalue weighted by molar-refractivity contribution is 0.341. The zero-order chi connectivity index (χ0) is 13.7. The largest absolute Gasteiger partial charge is 0.493 e. The van der Waals surface area contributed by atoms with Gasteiger partial charge in [0.25, 0.3) is 5.56 Å². The molecule has 0 fully saturated rings. The van der Waals surface area contributed by atoms with Crippen LogP contribution in [-0.4, -0.2) is 18.6 Å². The molecular formula is C15H18N2O2. The number of pyridine rings is 1. The van der Waals surface area contributed by atoms with Gasteiger partial charge in [0.2, 0.25) is 0 Å². The van der Waals surface area contributed by atoms with E-state index in [4.69, 9.17) is 4.74 Å². The van der Waals surface area contributed by atoms with Gasteiger partial charge >= 0.3 is 0 Å². The van der Waals surface area contributed by atoms with Gasteiger partial charge in [-0.1, -0.05) is 18.2 Å². The van der Waals surface area contributed by atoms with Gasteiger partial charge in [-0.2, -0.15) is 0 Å². The fourth-order valence-corrected chi connectivity index (χ4v) is 1.96. The Morgan fingerprint density at radius 1 is 1.21 bits per heavy atom. The first-order valence-corrected chi connectivity index (χ1v) is 6.35. The van der Waals surface area contributed by atoms with Gasteiger partial charge in [-0.05, 0) is 32.2 Å². The fourth-order valence-electron chi connectivity index (χ4n) is 1.96. The summed E-state index contributed by atoms with van der Waals surface area (Å²) in [5.74, 6) is 0.780. The molecule has 2 rings (SSSR count). The van der Waals surface area contributed by atoms with Gasteiger partial charge in [0, 0.05) is 17.7 Å². The quantitative estimate of drug-likeness (QED) is 0.864. The Balaban J connectivity index is 2.42. The van der Waals surface area contributed by atoms with Crippen molar-refractivity contribution >= 4 is 0 Å². The van der Waals surface area contributed by atoms with Crippen LogP contribution in [0.1, 0.15) is 12.5 Å². The molecule has 0 atom stereocenters. The third kappa shape index (κ3) is 3.03. The topological polar surface area (TPSA) is 54.1 Å². The lowest BCUT2D eigenvalue weighted by Gasteiger charge is -2.10. The van der Waals surface area contributed by atoms with Crippen LogP contribution in [0.25, 0.3) is 11.3 Å². The zero-order valence-electron chi connectivity index (χ0n) is 11.2. The lowest BCUT2D eigenvalue weighted by Crippen LogP contribution is -2.18. The first-order chi connectivity index (χ1) is 9.26. The van der Waals surface area contributed by atoms with E-state index in [2.05, 4.69) is 10.3 Å². The van der Waals surface area contributed by atoms with Gasteiger partial charge in [-0.15, -0.1) is 0 Å². The van der Waals surface area contributed by atoms with Crippen LogP contribution in [0.5, 0.6) is 5.75 Å². The standard InChI is InChI=1S/C15H18N2O2/c1-3-19-14-7-5-4-6-12(14)13-9-8-11(10-16-2)15(18)17-13/h4-9,16H,3,10H2,1-2H3,(H,17,18). The average molecular weight is 258 g/mol. The molecule has 0 aliphatic heterocycles. The Bertz CT molecular complexity index is 605. The Kier molecular flexibility index (Phi) is 4.36. The second kappa shape index (κ2) is 6.20. The summed E-state index contributed by atoms with van der Waals surface area (Å²) in [7, 11) is 1.82. The Morgan fingerprint density at radius 3 is 2.68 bits per heavy atom. The zero-order valence-corrected chi connectivity index (χ0v) is 11.2. The second-order valence-electron chi connectivity index (χ2n) is 4.19. The molecule has 4 heteroatoms. The lowest BCUT2D eigenvalue weighted by atomic mass is 10.1. The number of hydrogen-bond donors (Lipinski definition) is 2. The van der Waals surface area contributed by atoms with E-state index in [1.54, 1.807) is 0 Å². The van der Waals surface area contributed by atoms with E-state index in [1.807, 2.05) is 50.4 Å². The summed E-state index contributed by atoms with van der Waals surface area (Å²) in [5.41, 5.74) is 2.32. The minimum Gasteiger partial charge on any atom is -0.493 e. The predicted molar refractivity (Wildman–Crippen MR) is 76.4 cm³/mol. The minimum absolute atomic E-state index is 0.0712. The number of benzene rings is 1. The SMILES string of the molecule is CCOc1ccccc1-c1ccc(CNC)c(=O)[nH]1. The molecule has 1 heterocycles. The molecule has 0 saturated carbocycles. The summed E-state index contributed by atoms with van der Waals surface area (Å²) >= 11 is 0. The van der Waals surface area contributed by atoms with Crippen LogP contribution in [0.3, 0.4) is 0 Å². The molecule has 0 amide bonds. The number of H-pyrrole nitrogens is 1. The summed E-state index contributed by atoms with van der Waals surface area (Å²) in [6, 6.07) is 11.4. The van der Waals surface area contributed by atoms with Crippen LogP contribution in [0.4, 0.5) is 0 Å². The normalized spacial score (nSPS) is 10.4. The van der Waals surface area contributed by atoms with E-state index in [0.717, 1.165) is 22.6 Å². The molecule has 4 nitrogen and oxygen atoms in total. The Labute approximate surface area is 112 Å². The number of aromatic amines is 1. The maximum atomic E-state index is 11.9. The highest BCUT2D eigenvalue weighted by molar-refractivity contribution is 5.66. The van der Waals surface area contributed by atoms with Crippen molar-refractivity contribution in [1.82, 2.24) is 10.3 Å². The van der Waals surface area contributed by atoms with Crippen LogP contribution in [-0.2, 0) is 6.54 Å². The third-order valence-corrected chi connectivity index (χ3v) is 2.84. The minimum atomic E-state index is -0.0712. The Hall–Kier alpha value is -2.07. The molecule has 0 aliphatic rings. The molecule has 2 aromatic rings. The van der Waals surface area contributed by atoms with Gasteiger partial charge < -0.3 is 15.0 Å². The highest BCUT2D eigenvalue weighted by Gasteiger charge is 2.07. The van der Waals surface area contributed by atoms with Crippen LogP contribution < -0.4 is 15.6 Å². The molecule has 1 aromatic carbocycles. The molecule has 0 aliphatic carbocycles. The molecule has 0 radical (unpaired) electrons. The first kappa shape index (κ1) is 13.4. The molecule has 100 valence electrons. The summed E-state index contributed by atoms with van der Waals surface area (Å²) in [6.07, 6.45) is 0. The summed E-state index contributed by atoms with van der Waals surface area (Å²) in [4.78, 5) is 14.8. The van der Waals surface area contributed by atoms with Crippen molar-refractivity contribution in [2.75, 3.05) is 13.7 Å². The van der Waals surface area contributed by atoms with Crippen molar-refractivity contribution in [3.05, 3.63) is 52.3 Å². The van der Waals surface area contributed by atoms with Gasteiger partial charge in [-0.3, -0.25) is 4.79 Å². The summed E-state index contributed by atoms with van der Waals surface area (Å²) < 4.78 is 5.57. The first-order valence-electron chi connectivity index (χ1n) is 6.35. The van der Waals surface area contributed by atoms with Crippen LogP contribution in [0.2, 0.25) is 0 Å². The van der Waals surface area contributed by atoms with Gasteiger partial charge in [-0.25, -0.2) is 0 Å². The van der Waals surface area contributed by atoms with E-state index < -0.39 is 0 Å². The van der Waals surface area contributed by atoms with Crippen molar-refractivity contribution in [1.29, 1.82) is 0 Å². The Morgan fingerprint density at radius 2 is 2.00 bits per heavy atom. The number of hydrogen-bond acceptors (Lipinski definition) is 3. The van der Waals surface area contributed by atoms with Gasteiger partial charge in [0.15, 0.2) is 0 Å². The summed E-state index contributed by atoms with van der Waals surface area (Å²) in [5, 5.41) is 2.97. The van der Waals surface area contributed by atoms with Crippen molar-refractivity contribution in [3.63, 3.8) is 0 Å². The molecule has 2 N–H and O–H groups in total. The van der Waals surface area contributed by atoms with Crippen molar-refractivity contribution < 1.29 is 4.74 Å². The van der Waals surface area contributed by atoms with E-state index in [-0.39, 0.29) is 5.56 Å². The van der Waals surface area contributed by atoms with E-state index >= 15 is 0 Å². The molecule has 0 unspecified atom stereocenters. The van der Waals surface area contributed by atoms with Gasteiger partial charge in [0.05, 0.1) is 12.3 Å². The van der Waals surface area contributed by atoms with Crippen molar-refractivity contribution in [3.8, 4) is 17.0 Å². The van der Waals surface area contributed by atoms with Gasteiger partial charge in [0.1, 0.15) is 5.75 Å². The van der Waals surface area contributed by atoms with E-state index in [1.165, 1.54) is 0 Å². The number of aromatic nitrogens is 1. The van der Waals surface area contributed by atoms with Crippen molar-refractivity contribution in [2.45, 2.75) is 13.5 Å². The van der Waals surface area contributed by atoms with Crippen LogP contribution >= 0.6 is 0 Å². The molecular weight excluding hydrogens is 240 g/mol. The van der Waals surface area contributed by atoms with Crippen LogP contribution in [0, 0.1) is 0 Å². The second-order valence-corrected chi connectivity index (χ2v) is 4.19. The maximum absolute atomic E-state index is 11.9. The number of ether oxygens (including phenoxy) is 1. The third-order valence-electron chi connectivity index (χ3n) is 2.84. The number of para-hydroxylation sites is 1. The predicted octanol–water partition coefficient (Wildman–Crippen LogP) is 2.16.